The Bertz CT molecular complexity index is 1050. The molecule has 3 N–H and O–H groups in total. The lowest BCUT2D eigenvalue weighted by Crippen LogP contribution is -2.49. The Labute approximate surface area is 192 Å². The van der Waals surface area contributed by atoms with E-state index in [0.29, 0.717) is 11.3 Å². The maximum absolute atomic E-state index is 13.1. The number of thiocarbonyl (C=S) groups is 1. The summed E-state index contributed by atoms with van der Waals surface area (Å²) in [6.45, 7) is 3.87. The van der Waals surface area contributed by atoms with Gasteiger partial charge in [0.2, 0.25) is 5.91 Å². The van der Waals surface area contributed by atoms with Crippen LogP contribution < -0.4 is 20.9 Å². The highest BCUT2D eigenvalue weighted by Gasteiger charge is 2.23. The van der Waals surface area contributed by atoms with Crippen LogP contribution >= 0.6 is 12.2 Å². The van der Waals surface area contributed by atoms with Crippen LogP contribution in [-0.4, -0.2) is 23.5 Å². The van der Waals surface area contributed by atoms with E-state index in [4.69, 9.17) is 17.0 Å². The van der Waals surface area contributed by atoms with Gasteiger partial charge >= 0.3 is 0 Å². The molecule has 3 aromatic carbocycles. The van der Waals surface area contributed by atoms with Crippen LogP contribution in [0.3, 0.4) is 0 Å². The molecule has 2 amide bonds. The van der Waals surface area contributed by atoms with Crippen LogP contribution in [-0.2, 0) is 4.79 Å². The Morgan fingerprint density at radius 2 is 1.44 bits per heavy atom. The van der Waals surface area contributed by atoms with Gasteiger partial charge < -0.3 is 10.1 Å². The SMILES string of the molecule is C=CCOc1ccccc1C(=O)NNC(=S)NC(=O)C(c1ccccc1)c1ccccc1. The van der Waals surface area contributed by atoms with E-state index < -0.39 is 11.8 Å². The van der Waals surface area contributed by atoms with Gasteiger partial charge in [0, 0.05) is 0 Å². The van der Waals surface area contributed by atoms with Crippen LogP contribution in [0.15, 0.2) is 97.6 Å². The molecule has 0 saturated heterocycles. The number of hydrogen-bond acceptors (Lipinski definition) is 4. The third-order valence-electron chi connectivity index (χ3n) is 4.54. The number of hydrazine groups is 1. The minimum atomic E-state index is -0.555. The van der Waals surface area contributed by atoms with E-state index in [0.717, 1.165) is 11.1 Å². The van der Waals surface area contributed by atoms with Crippen molar-refractivity contribution < 1.29 is 14.3 Å². The van der Waals surface area contributed by atoms with Crippen molar-refractivity contribution in [2.24, 2.45) is 0 Å². The highest BCUT2D eigenvalue weighted by atomic mass is 32.1. The van der Waals surface area contributed by atoms with Gasteiger partial charge in [-0.05, 0) is 35.5 Å². The first-order chi connectivity index (χ1) is 15.6. The molecular formula is C25H23N3O3S. The standard InChI is InChI=1S/C25H23N3O3S/c1-2-17-31-21-16-10-9-15-20(21)23(29)27-28-25(32)26-24(30)22(18-11-5-3-6-12-18)19-13-7-4-8-14-19/h2-16,22H,1,17H2,(H,27,29)(H2,26,28,30,32). The van der Waals surface area contributed by atoms with E-state index in [1.165, 1.54) is 0 Å². The molecule has 0 atom stereocenters. The molecule has 0 unspecified atom stereocenters. The minimum Gasteiger partial charge on any atom is -0.489 e. The van der Waals surface area contributed by atoms with Crippen LogP contribution in [0.2, 0.25) is 0 Å². The Kier molecular flexibility index (Phi) is 8.11. The van der Waals surface area contributed by atoms with Crippen LogP contribution in [0.25, 0.3) is 0 Å². The topological polar surface area (TPSA) is 79.5 Å². The van der Waals surface area contributed by atoms with Crippen molar-refractivity contribution in [2.75, 3.05) is 6.61 Å². The van der Waals surface area contributed by atoms with Gasteiger partial charge in [-0.1, -0.05) is 85.5 Å². The van der Waals surface area contributed by atoms with E-state index in [2.05, 4.69) is 22.7 Å². The summed E-state index contributed by atoms with van der Waals surface area (Å²) in [5.41, 5.74) is 7.05. The minimum absolute atomic E-state index is 0.0234. The highest BCUT2D eigenvalue weighted by molar-refractivity contribution is 7.80. The third kappa shape index (κ3) is 6.02. The Hall–Kier alpha value is -3.97. The monoisotopic (exact) mass is 445 g/mol. The summed E-state index contributed by atoms with van der Waals surface area (Å²) in [5.74, 6) is -0.913. The Morgan fingerprint density at radius 3 is 2.03 bits per heavy atom. The lowest BCUT2D eigenvalue weighted by Gasteiger charge is -2.19. The first-order valence-electron chi connectivity index (χ1n) is 9.94. The largest absolute Gasteiger partial charge is 0.489 e. The summed E-state index contributed by atoms with van der Waals surface area (Å²) in [7, 11) is 0. The van der Waals surface area contributed by atoms with Gasteiger partial charge in [-0.25, -0.2) is 0 Å². The summed E-state index contributed by atoms with van der Waals surface area (Å²) >= 11 is 5.22. The maximum atomic E-state index is 13.1. The molecule has 0 radical (unpaired) electrons. The van der Waals surface area contributed by atoms with Gasteiger partial charge in [-0.15, -0.1) is 0 Å². The number of ether oxygens (including phenoxy) is 1. The average molecular weight is 446 g/mol. The fourth-order valence-corrected chi connectivity index (χ4v) is 3.26. The predicted octanol–water partition coefficient (Wildman–Crippen LogP) is 3.72. The zero-order chi connectivity index (χ0) is 22.8. The molecule has 0 heterocycles. The lowest BCUT2D eigenvalue weighted by molar-refractivity contribution is -0.120. The smallest absolute Gasteiger partial charge is 0.273 e. The molecule has 3 aromatic rings. The number of para-hydroxylation sites is 1. The number of nitrogens with one attached hydrogen (secondary N) is 3. The molecule has 162 valence electrons. The van der Waals surface area contributed by atoms with Crippen molar-refractivity contribution in [1.29, 1.82) is 0 Å². The molecule has 0 aliphatic rings. The van der Waals surface area contributed by atoms with E-state index >= 15 is 0 Å². The van der Waals surface area contributed by atoms with Crippen LogP contribution in [0.4, 0.5) is 0 Å². The van der Waals surface area contributed by atoms with Gasteiger partial charge in [0.1, 0.15) is 12.4 Å². The molecule has 0 aromatic heterocycles. The van der Waals surface area contributed by atoms with E-state index in [-0.39, 0.29) is 17.6 Å². The van der Waals surface area contributed by atoms with Crippen LogP contribution in [0.1, 0.15) is 27.4 Å². The van der Waals surface area contributed by atoms with E-state index in [1.54, 1.807) is 30.3 Å². The summed E-state index contributed by atoms with van der Waals surface area (Å²) in [4.78, 5) is 25.6. The summed E-state index contributed by atoms with van der Waals surface area (Å²) in [5, 5.41) is 2.63. The molecule has 3 rings (SSSR count). The number of amides is 2. The van der Waals surface area contributed by atoms with E-state index in [1.807, 2.05) is 60.7 Å². The number of hydrogen-bond donors (Lipinski definition) is 3. The molecule has 0 bridgehead atoms. The van der Waals surface area contributed by atoms with E-state index in [9.17, 15) is 9.59 Å². The summed E-state index contributed by atoms with van der Waals surface area (Å²) in [6.07, 6.45) is 1.59. The van der Waals surface area contributed by atoms with Crippen molar-refractivity contribution in [3.63, 3.8) is 0 Å². The molecule has 0 fully saturated rings. The number of rotatable bonds is 7. The second kappa shape index (κ2) is 11.4. The average Bonchev–Trinajstić information content (AvgIpc) is 2.83. The maximum Gasteiger partial charge on any atom is 0.273 e. The first kappa shape index (κ1) is 22.7. The second-order valence-electron chi connectivity index (χ2n) is 6.75. The Balaban J connectivity index is 1.65. The van der Waals surface area contributed by atoms with Gasteiger partial charge in [0.25, 0.3) is 5.91 Å². The fraction of sp³-hybridized carbons (Fsp3) is 0.0800. The quantitative estimate of drug-likeness (QED) is 0.294. The van der Waals surface area contributed by atoms with Gasteiger partial charge in [0.15, 0.2) is 5.11 Å². The zero-order valence-electron chi connectivity index (χ0n) is 17.3. The van der Waals surface area contributed by atoms with Crippen molar-refractivity contribution >= 4 is 29.1 Å². The second-order valence-corrected chi connectivity index (χ2v) is 7.16. The third-order valence-corrected chi connectivity index (χ3v) is 4.75. The van der Waals surface area contributed by atoms with Crippen molar-refractivity contribution in [1.82, 2.24) is 16.2 Å². The molecular weight excluding hydrogens is 422 g/mol. The van der Waals surface area contributed by atoms with Crippen molar-refractivity contribution in [3.8, 4) is 5.75 Å². The Morgan fingerprint density at radius 1 is 0.875 bits per heavy atom. The highest BCUT2D eigenvalue weighted by Crippen LogP contribution is 2.24. The van der Waals surface area contributed by atoms with Crippen LogP contribution in [0, 0.1) is 0 Å². The molecule has 7 heteroatoms. The summed E-state index contributed by atoms with van der Waals surface area (Å²) < 4.78 is 5.50. The number of benzene rings is 3. The number of carbonyl (C=O) groups excluding carboxylic acids is 2. The normalized spacial score (nSPS) is 10.2. The molecule has 0 saturated carbocycles. The number of carbonyl (C=O) groups is 2. The van der Waals surface area contributed by atoms with Gasteiger partial charge in [0.05, 0.1) is 11.5 Å². The van der Waals surface area contributed by atoms with Gasteiger partial charge in [-0.3, -0.25) is 20.4 Å². The van der Waals surface area contributed by atoms with Crippen molar-refractivity contribution in [3.05, 3.63) is 114 Å². The molecule has 0 aliphatic heterocycles. The van der Waals surface area contributed by atoms with Crippen LogP contribution in [0.5, 0.6) is 5.75 Å². The van der Waals surface area contributed by atoms with Gasteiger partial charge in [-0.2, -0.15) is 0 Å². The predicted molar refractivity (Wildman–Crippen MR) is 128 cm³/mol. The lowest BCUT2D eigenvalue weighted by atomic mass is 9.90. The molecule has 0 aliphatic carbocycles. The van der Waals surface area contributed by atoms with Crippen molar-refractivity contribution in [2.45, 2.75) is 5.92 Å². The first-order valence-corrected chi connectivity index (χ1v) is 10.3. The summed E-state index contributed by atoms with van der Waals surface area (Å²) in [6, 6.07) is 25.6. The zero-order valence-corrected chi connectivity index (χ0v) is 18.1. The molecule has 0 spiro atoms. The molecule has 6 nitrogen and oxygen atoms in total. The fourth-order valence-electron chi connectivity index (χ4n) is 3.11. The molecule has 32 heavy (non-hydrogen) atoms.